The largest absolute Gasteiger partial charge is 0.463 e. The van der Waals surface area contributed by atoms with E-state index in [0.717, 1.165) is 12.1 Å². The van der Waals surface area contributed by atoms with Crippen LogP contribution < -0.4 is 5.32 Å². The first-order valence-electron chi connectivity index (χ1n) is 5.26. The van der Waals surface area contributed by atoms with E-state index in [1.54, 1.807) is 13.0 Å². The summed E-state index contributed by atoms with van der Waals surface area (Å²) in [6.07, 6.45) is 2.86. The van der Waals surface area contributed by atoms with Gasteiger partial charge >= 0.3 is 5.97 Å². The minimum absolute atomic E-state index is 0.185. The fraction of sp³-hybridized carbons (Fsp3) is 0.250. The fourth-order valence-electron chi connectivity index (χ4n) is 1.22. The first-order valence-corrected chi connectivity index (χ1v) is 6.02. The van der Waals surface area contributed by atoms with E-state index in [2.05, 4.69) is 5.32 Å². The van der Waals surface area contributed by atoms with Crippen molar-refractivity contribution in [3.05, 3.63) is 40.1 Å². The molecule has 1 rings (SSSR count). The highest BCUT2D eigenvalue weighted by molar-refractivity contribution is 6.39. The van der Waals surface area contributed by atoms with E-state index >= 15 is 0 Å². The van der Waals surface area contributed by atoms with Crippen LogP contribution >= 0.6 is 23.2 Å². The Hall–Kier alpha value is -1.26. The molecule has 1 aromatic carbocycles. The Balaban J connectivity index is 2.57. The molecule has 0 atom stereocenters. The van der Waals surface area contributed by atoms with E-state index in [9.17, 15) is 9.18 Å². The molecule has 0 fully saturated rings. The van der Waals surface area contributed by atoms with Crippen LogP contribution in [0.25, 0.3) is 0 Å². The molecule has 1 aromatic rings. The van der Waals surface area contributed by atoms with E-state index in [-0.39, 0.29) is 10.0 Å². The summed E-state index contributed by atoms with van der Waals surface area (Å²) in [5.74, 6) is -0.923. The lowest BCUT2D eigenvalue weighted by Gasteiger charge is -2.08. The molecule has 0 aromatic heterocycles. The molecule has 0 unspecified atom stereocenters. The second-order valence-electron chi connectivity index (χ2n) is 3.28. The van der Waals surface area contributed by atoms with Crippen LogP contribution in [0.5, 0.6) is 0 Å². The lowest BCUT2D eigenvalue weighted by atomic mass is 10.3. The normalized spacial score (nSPS) is 10.7. The van der Waals surface area contributed by atoms with Crippen LogP contribution in [0.1, 0.15) is 6.92 Å². The number of anilines is 1. The van der Waals surface area contributed by atoms with Crippen LogP contribution in [-0.4, -0.2) is 19.1 Å². The van der Waals surface area contributed by atoms with Gasteiger partial charge in [-0.25, -0.2) is 9.18 Å². The van der Waals surface area contributed by atoms with Crippen molar-refractivity contribution < 1.29 is 13.9 Å². The van der Waals surface area contributed by atoms with Gasteiger partial charge in [0, 0.05) is 12.6 Å². The Morgan fingerprint density at radius 3 is 2.61 bits per heavy atom. The summed E-state index contributed by atoms with van der Waals surface area (Å²) < 4.78 is 17.6. The van der Waals surface area contributed by atoms with Crippen molar-refractivity contribution in [2.75, 3.05) is 18.5 Å². The maximum absolute atomic E-state index is 12.9. The molecule has 0 aliphatic rings. The van der Waals surface area contributed by atoms with Gasteiger partial charge in [0.15, 0.2) is 0 Å². The van der Waals surface area contributed by atoms with Crippen LogP contribution in [0.15, 0.2) is 24.3 Å². The number of ether oxygens (including phenoxy) is 1. The number of esters is 1. The van der Waals surface area contributed by atoms with Gasteiger partial charge in [-0.15, -0.1) is 0 Å². The van der Waals surface area contributed by atoms with E-state index in [1.165, 1.54) is 6.08 Å². The Bertz CT molecular complexity index is 440. The molecular weight excluding hydrogens is 280 g/mol. The van der Waals surface area contributed by atoms with Crippen molar-refractivity contribution in [1.82, 2.24) is 0 Å². The third-order valence-electron chi connectivity index (χ3n) is 1.94. The fourth-order valence-corrected chi connectivity index (χ4v) is 1.81. The third-order valence-corrected chi connectivity index (χ3v) is 2.54. The third kappa shape index (κ3) is 4.55. The summed E-state index contributed by atoms with van der Waals surface area (Å²) in [5.41, 5.74) is 0.424. The number of benzene rings is 1. The quantitative estimate of drug-likeness (QED) is 0.665. The number of hydrogen-bond donors (Lipinski definition) is 1. The number of halogens is 3. The maximum atomic E-state index is 12.9. The molecule has 0 amide bonds. The summed E-state index contributed by atoms with van der Waals surface area (Å²) in [6.45, 7) is 2.37. The molecular formula is C12H12Cl2FNO2. The van der Waals surface area contributed by atoms with Crippen molar-refractivity contribution >= 4 is 34.9 Å². The number of carbonyl (C=O) groups is 1. The van der Waals surface area contributed by atoms with Gasteiger partial charge in [-0.2, -0.15) is 0 Å². The summed E-state index contributed by atoms with van der Waals surface area (Å²) in [4.78, 5) is 11.0. The zero-order valence-corrected chi connectivity index (χ0v) is 11.2. The first-order chi connectivity index (χ1) is 8.54. The molecule has 0 saturated heterocycles. The van der Waals surface area contributed by atoms with E-state index in [1.807, 2.05) is 0 Å². The average Bonchev–Trinajstić information content (AvgIpc) is 2.27. The van der Waals surface area contributed by atoms with Crippen LogP contribution in [0, 0.1) is 5.82 Å². The van der Waals surface area contributed by atoms with Crippen molar-refractivity contribution in [2.24, 2.45) is 0 Å². The van der Waals surface area contributed by atoms with Gasteiger partial charge in [0.2, 0.25) is 0 Å². The lowest BCUT2D eigenvalue weighted by molar-refractivity contribution is -0.137. The zero-order chi connectivity index (χ0) is 13.5. The minimum Gasteiger partial charge on any atom is -0.463 e. The molecule has 6 heteroatoms. The molecule has 0 bridgehead atoms. The number of hydrogen-bond acceptors (Lipinski definition) is 3. The number of nitrogens with one attached hydrogen (secondary N) is 1. The standard InChI is InChI=1S/C12H12Cl2FNO2/c1-2-18-11(17)4-3-5-16-12-9(13)6-8(15)7-10(12)14/h3-4,6-7,16H,2,5H2,1H3/b4-3+. The van der Waals surface area contributed by atoms with Gasteiger partial charge in [-0.05, 0) is 19.1 Å². The van der Waals surface area contributed by atoms with E-state index < -0.39 is 11.8 Å². The predicted octanol–water partition coefficient (Wildman–Crippen LogP) is 3.66. The minimum atomic E-state index is -0.502. The van der Waals surface area contributed by atoms with Gasteiger partial charge in [0.1, 0.15) is 5.82 Å². The summed E-state index contributed by atoms with van der Waals surface area (Å²) in [7, 11) is 0. The number of carbonyl (C=O) groups excluding carboxylic acids is 1. The van der Waals surface area contributed by atoms with Crippen LogP contribution in [0.3, 0.4) is 0 Å². The second-order valence-corrected chi connectivity index (χ2v) is 4.09. The molecule has 1 N–H and O–H groups in total. The molecule has 0 heterocycles. The Labute approximate surface area is 115 Å². The van der Waals surface area contributed by atoms with Gasteiger partial charge in [-0.1, -0.05) is 29.3 Å². The van der Waals surface area contributed by atoms with Gasteiger partial charge in [0.25, 0.3) is 0 Å². The monoisotopic (exact) mass is 291 g/mol. The van der Waals surface area contributed by atoms with E-state index in [4.69, 9.17) is 27.9 Å². The molecule has 0 spiro atoms. The second kappa shape index (κ2) is 7.24. The Morgan fingerprint density at radius 1 is 1.44 bits per heavy atom. The summed E-state index contributed by atoms with van der Waals surface area (Å²) in [5, 5.41) is 3.25. The van der Waals surface area contributed by atoms with Crippen molar-refractivity contribution in [1.29, 1.82) is 0 Å². The van der Waals surface area contributed by atoms with E-state index in [0.29, 0.717) is 18.8 Å². The smallest absolute Gasteiger partial charge is 0.330 e. The summed E-state index contributed by atoms with van der Waals surface area (Å²) >= 11 is 11.6. The zero-order valence-electron chi connectivity index (χ0n) is 9.67. The molecule has 18 heavy (non-hydrogen) atoms. The predicted molar refractivity (Wildman–Crippen MR) is 70.7 cm³/mol. The highest BCUT2D eigenvalue weighted by Crippen LogP contribution is 2.31. The van der Waals surface area contributed by atoms with Gasteiger partial charge in [-0.3, -0.25) is 0 Å². The summed E-state index contributed by atoms with van der Waals surface area (Å²) in [6, 6.07) is 2.32. The topological polar surface area (TPSA) is 38.3 Å². The molecule has 0 saturated carbocycles. The van der Waals surface area contributed by atoms with Crippen LogP contribution in [0.4, 0.5) is 10.1 Å². The van der Waals surface area contributed by atoms with Gasteiger partial charge < -0.3 is 10.1 Å². The van der Waals surface area contributed by atoms with Crippen molar-refractivity contribution in [3.63, 3.8) is 0 Å². The maximum Gasteiger partial charge on any atom is 0.330 e. The Morgan fingerprint density at radius 2 is 2.06 bits per heavy atom. The highest BCUT2D eigenvalue weighted by Gasteiger charge is 2.07. The highest BCUT2D eigenvalue weighted by atomic mass is 35.5. The average molecular weight is 292 g/mol. The lowest BCUT2D eigenvalue weighted by Crippen LogP contribution is -2.03. The molecule has 3 nitrogen and oxygen atoms in total. The number of rotatable bonds is 5. The molecule has 0 radical (unpaired) electrons. The van der Waals surface area contributed by atoms with Gasteiger partial charge in [0.05, 0.1) is 22.3 Å². The van der Waals surface area contributed by atoms with Crippen LogP contribution in [-0.2, 0) is 9.53 Å². The van der Waals surface area contributed by atoms with Crippen LogP contribution in [0.2, 0.25) is 10.0 Å². The SMILES string of the molecule is CCOC(=O)/C=C/CNc1c(Cl)cc(F)cc1Cl. The molecule has 98 valence electrons. The Kier molecular flexibility index (Phi) is 5.95. The molecule has 0 aliphatic heterocycles. The first kappa shape index (κ1) is 14.8. The van der Waals surface area contributed by atoms with Crippen molar-refractivity contribution in [3.8, 4) is 0 Å². The van der Waals surface area contributed by atoms with Crippen molar-refractivity contribution in [2.45, 2.75) is 6.92 Å². The molecule has 0 aliphatic carbocycles.